The molecule has 1 N–H and O–H groups in total. The number of nitrogens with one attached hydrogen (secondary N) is 1. The molecule has 0 fully saturated rings. The molecule has 5 nitrogen and oxygen atoms in total. The second-order valence-corrected chi connectivity index (χ2v) is 4.42. The van der Waals surface area contributed by atoms with Gasteiger partial charge < -0.3 is 14.8 Å². The summed E-state index contributed by atoms with van der Waals surface area (Å²) >= 11 is 0. The summed E-state index contributed by atoms with van der Waals surface area (Å²) in [6.45, 7) is 1.92. The number of nitrogens with zero attached hydrogens (tertiary/aromatic N) is 2. The van der Waals surface area contributed by atoms with Crippen molar-refractivity contribution in [1.29, 1.82) is 0 Å². The van der Waals surface area contributed by atoms with E-state index in [-0.39, 0.29) is 6.04 Å². The van der Waals surface area contributed by atoms with Gasteiger partial charge in [-0.2, -0.15) is 0 Å². The van der Waals surface area contributed by atoms with Crippen LogP contribution in [0.15, 0.2) is 30.6 Å². The average Bonchev–Trinajstić information content (AvgIpc) is 2.49. The molecule has 0 aliphatic rings. The van der Waals surface area contributed by atoms with Crippen molar-refractivity contribution in [2.24, 2.45) is 0 Å². The van der Waals surface area contributed by atoms with Gasteiger partial charge in [-0.25, -0.2) is 0 Å². The lowest BCUT2D eigenvalue weighted by atomic mass is 10.0. The number of ether oxygens (including phenoxy) is 2. The van der Waals surface area contributed by atoms with Crippen molar-refractivity contribution >= 4 is 0 Å². The first-order valence-corrected chi connectivity index (χ1v) is 6.37. The van der Waals surface area contributed by atoms with Crippen molar-refractivity contribution in [3.05, 3.63) is 47.5 Å². The zero-order valence-electron chi connectivity index (χ0n) is 12.2. The van der Waals surface area contributed by atoms with Crippen molar-refractivity contribution in [3.63, 3.8) is 0 Å². The maximum atomic E-state index is 5.34. The first kappa shape index (κ1) is 14.3. The minimum Gasteiger partial charge on any atom is -0.493 e. The summed E-state index contributed by atoms with van der Waals surface area (Å²) in [6, 6.07) is 5.79. The number of hydrogen-bond acceptors (Lipinski definition) is 5. The Bertz CT molecular complexity index is 570. The summed E-state index contributed by atoms with van der Waals surface area (Å²) in [4.78, 5) is 8.72. The van der Waals surface area contributed by atoms with Gasteiger partial charge in [0.25, 0.3) is 0 Å². The highest BCUT2D eigenvalue weighted by atomic mass is 16.5. The van der Waals surface area contributed by atoms with Crippen LogP contribution >= 0.6 is 0 Å². The van der Waals surface area contributed by atoms with Gasteiger partial charge in [0.2, 0.25) is 0 Å². The first-order chi connectivity index (χ1) is 9.69. The van der Waals surface area contributed by atoms with Gasteiger partial charge in [0.05, 0.1) is 37.8 Å². The Hall–Kier alpha value is -2.14. The van der Waals surface area contributed by atoms with Crippen LogP contribution in [0.4, 0.5) is 0 Å². The molecule has 0 aliphatic carbocycles. The largest absolute Gasteiger partial charge is 0.493 e. The lowest BCUT2D eigenvalue weighted by molar-refractivity contribution is 0.354. The third-order valence-electron chi connectivity index (χ3n) is 3.13. The minimum absolute atomic E-state index is 0.0390. The van der Waals surface area contributed by atoms with Crippen LogP contribution < -0.4 is 14.8 Å². The molecule has 0 bridgehead atoms. The van der Waals surface area contributed by atoms with Crippen molar-refractivity contribution in [2.75, 3.05) is 21.3 Å². The smallest absolute Gasteiger partial charge is 0.161 e. The van der Waals surface area contributed by atoms with Crippen LogP contribution in [-0.4, -0.2) is 31.2 Å². The van der Waals surface area contributed by atoms with E-state index in [2.05, 4.69) is 15.3 Å². The molecule has 0 radical (unpaired) electrons. The normalized spacial score (nSPS) is 12.0. The Morgan fingerprint density at radius 3 is 2.35 bits per heavy atom. The lowest BCUT2D eigenvalue weighted by Crippen LogP contribution is -2.19. The highest BCUT2D eigenvalue weighted by Crippen LogP contribution is 2.31. The summed E-state index contributed by atoms with van der Waals surface area (Å²) in [6.07, 6.45) is 3.55. The Kier molecular flexibility index (Phi) is 4.53. The van der Waals surface area contributed by atoms with E-state index in [4.69, 9.17) is 9.47 Å². The molecular formula is C15H19N3O2. The molecular weight excluding hydrogens is 254 g/mol. The van der Waals surface area contributed by atoms with Crippen molar-refractivity contribution in [1.82, 2.24) is 15.3 Å². The Balaban J connectivity index is 2.39. The summed E-state index contributed by atoms with van der Waals surface area (Å²) in [5, 5.41) is 3.24. The molecule has 0 amide bonds. The van der Waals surface area contributed by atoms with E-state index in [0.717, 1.165) is 17.0 Å². The predicted octanol–water partition coefficient (Wildman–Crippen LogP) is 2.11. The maximum absolute atomic E-state index is 5.34. The highest BCUT2D eigenvalue weighted by Gasteiger charge is 2.16. The Morgan fingerprint density at radius 2 is 1.80 bits per heavy atom. The molecule has 0 spiro atoms. The van der Waals surface area contributed by atoms with Gasteiger partial charge in [-0.3, -0.25) is 9.97 Å². The molecule has 0 saturated heterocycles. The molecule has 1 unspecified atom stereocenters. The van der Waals surface area contributed by atoms with E-state index in [1.807, 2.05) is 32.2 Å². The Labute approximate surface area is 119 Å². The van der Waals surface area contributed by atoms with Crippen LogP contribution in [0.25, 0.3) is 0 Å². The average molecular weight is 273 g/mol. The summed E-state index contributed by atoms with van der Waals surface area (Å²) in [5.74, 6) is 1.41. The van der Waals surface area contributed by atoms with Crippen LogP contribution in [0.5, 0.6) is 11.5 Å². The number of benzene rings is 1. The summed E-state index contributed by atoms with van der Waals surface area (Å²) < 4.78 is 10.6. The number of hydrogen-bond donors (Lipinski definition) is 1. The van der Waals surface area contributed by atoms with Crippen LogP contribution in [-0.2, 0) is 0 Å². The number of rotatable bonds is 5. The topological polar surface area (TPSA) is 56.3 Å². The zero-order valence-corrected chi connectivity index (χ0v) is 12.2. The minimum atomic E-state index is -0.0390. The fraction of sp³-hybridized carbons (Fsp3) is 0.333. The van der Waals surface area contributed by atoms with E-state index >= 15 is 0 Å². The van der Waals surface area contributed by atoms with Gasteiger partial charge in [-0.15, -0.1) is 0 Å². The molecule has 20 heavy (non-hydrogen) atoms. The van der Waals surface area contributed by atoms with Crippen LogP contribution in [0.1, 0.15) is 23.0 Å². The van der Waals surface area contributed by atoms with Gasteiger partial charge >= 0.3 is 0 Å². The molecule has 1 heterocycles. The number of aromatic nitrogens is 2. The number of aryl methyl sites for hydroxylation is 1. The van der Waals surface area contributed by atoms with E-state index in [9.17, 15) is 0 Å². The highest BCUT2D eigenvalue weighted by molar-refractivity contribution is 5.45. The maximum Gasteiger partial charge on any atom is 0.161 e. The molecule has 1 atom stereocenters. The van der Waals surface area contributed by atoms with Crippen molar-refractivity contribution in [2.45, 2.75) is 13.0 Å². The van der Waals surface area contributed by atoms with Gasteiger partial charge in [0, 0.05) is 6.20 Å². The van der Waals surface area contributed by atoms with Crippen LogP contribution in [0, 0.1) is 6.92 Å². The van der Waals surface area contributed by atoms with Gasteiger partial charge in [0.1, 0.15) is 0 Å². The molecule has 106 valence electrons. The molecule has 1 aromatic carbocycles. The van der Waals surface area contributed by atoms with Crippen molar-refractivity contribution < 1.29 is 9.47 Å². The Morgan fingerprint density at radius 1 is 1.05 bits per heavy atom. The fourth-order valence-corrected chi connectivity index (χ4v) is 2.07. The summed E-state index contributed by atoms with van der Waals surface area (Å²) in [5.41, 5.74) is 2.81. The van der Waals surface area contributed by atoms with E-state index in [1.165, 1.54) is 0 Å². The van der Waals surface area contributed by atoms with Crippen LogP contribution in [0.2, 0.25) is 0 Å². The van der Waals surface area contributed by atoms with E-state index < -0.39 is 0 Å². The number of methoxy groups -OCH3 is 2. The van der Waals surface area contributed by atoms with Gasteiger partial charge in [0.15, 0.2) is 11.5 Å². The second-order valence-electron chi connectivity index (χ2n) is 4.42. The monoisotopic (exact) mass is 273 g/mol. The molecule has 2 rings (SSSR count). The third-order valence-corrected chi connectivity index (χ3v) is 3.13. The van der Waals surface area contributed by atoms with E-state index in [0.29, 0.717) is 11.5 Å². The first-order valence-electron chi connectivity index (χ1n) is 6.37. The second kappa shape index (κ2) is 6.34. The molecule has 0 saturated carbocycles. The zero-order chi connectivity index (χ0) is 14.5. The van der Waals surface area contributed by atoms with Gasteiger partial charge in [-0.1, -0.05) is 6.07 Å². The standard InChI is InChI=1S/C15H19N3O2/c1-10-8-18-12(9-17-10)15(16-2)11-5-6-13(19-3)14(7-11)20-4/h5-9,15-16H,1-4H3. The molecule has 1 aromatic heterocycles. The van der Waals surface area contributed by atoms with E-state index in [1.54, 1.807) is 26.6 Å². The fourth-order valence-electron chi connectivity index (χ4n) is 2.07. The third kappa shape index (κ3) is 2.88. The molecule has 0 aliphatic heterocycles. The molecule has 2 aromatic rings. The SMILES string of the molecule is CNC(c1ccc(OC)c(OC)c1)c1cnc(C)cn1. The van der Waals surface area contributed by atoms with Gasteiger partial charge in [-0.05, 0) is 31.7 Å². The lowest BCUT2D eigenvalue weighted by Gasteiger charge is -2.17. The molecule has 5 heteroatoms. The summed E-state index contributed by atoms with van der Waals surface area (Å²) in [7, 11) is 5.14. The predicted molar refractivity (Wildman–Crippen MR) is 77.2 cm³/mol. The van der Waals surface area contributed by atoms with Crippen LogP contribution in [0.3, 0.4) is 0 Å². The van der Waals surface area contributed by atoms with Crippen molar-refractivity contribution in [3.8, 4) is 11.5 Å². The quantitative estimate of drug-likeness (QED) is 0.904.